The monoisotopic (exact) mass is 265 g/mol. The molecular weight excluding hydrogens is 250 g/mol. The van der Waals surface area contributed by atoms with Crippen LogP contribution in [0.4, 0.5) is 5.69 Å². The van der Waals surface area contributed by atoms with Gasteiger partial charge in [0, 0.05) is 11.7 Å². The lowest BCUT2D eigenvalue weighted by Gasteiger charge is -2.36. The van der Waals surface area contributed by atoms with E-state index in [-0.39, 0.29) is 6.04 Å². The molecule has 0 bridgehead atoms. The second kappa shape index (κ2) is 5.15. The van der Waals surface area contributed by atoms with Crippen molar-refractivity contribution in [3.8, 4) is 6.07 Å². The van der Waals surface area contributed by atoms with Gasteiger partial charge in [-0.25, -0.2) is 0 Å². The van der Waals surface area contributed by atoms with Gasteiger partial charge in [0.05, 0.1) is 10.6 Å². The van der Waals surface area contributed by atoms with E-state index in [9.17, 15) is 5.11 Å². The van der Waals surface area contributed by atoms with Crippen LogP contribution in [-0.2, 0) is 0 Å². The van der Waals surface area contributed by atoms with Crippen LogP contribution in [0.1, 0.15) is 31.2 Å². The molecule has 0 aromatic heterocycles. The van der Waals surface area contributed by atoms with Crippen LogP contribution < -0.4 is 11.1 Å². The molecule has 96 valence electrons. The van der Waals surface area contributed by atoms with Crippen molar-refractivity contribution in [3.05, 3.63) is 28.8 Å². The summed E-state index contributed by atoms with van der Waals surface area (Å²) in [5.41, 5.74) is 6.04. The molecule has 0 aliphatic heterocycles. The predicted molar refractivity (Wildman–Crippen MR) is 71.2 cm³/mol. The van der Waals surface area contributed by atoms with Crippen LogP contribution in [0.3, 0.4) is 0 Å². The first-order chi connectivity index (χ1) is 8.52. The second-order valence-electron chi connectivity index (χ2n) is 4.80. The van der Waals surface area contributed by atoms with Gasteiger partial charge in [-0.3, -0.25) is 0 Å². The van der Waals surface area contributed by atoms with Crippen molar-refractivity contribution in [1.82, 2.24) is 0 Å². The van der Waals surface area contributed by atoms with Crippen molar-refractivity contribution < 1.29 is 5.11 Å². The molecule has 4 N–H and O–H groups in total. The Balaban J connectivity index is 2.10. The average Bonchev–Trinajstić information content (AvgIpc) is 2.34. The normalized spacial score (nSPS) is 27.6. The quantitative estimate of drug-likeness (QED) is 0.716. The Labute approximate surface area is 111 Å². The van der Waals surface area contributed by atoms with Gasteiger partial charge < -0.3 is 16.2 Å². The lowest BCUT2D eigenvalue weighted by molar-refractivity contribution is 0.0269. The molecule has 5 heteroatoms. The Bertz CT molecular complexity index is 476. The summed E-state index contributed by atoms with van der Waals surface area (Å²) in [5.74, 6) is 0. The fourth-order valence-corrected chi connectivity index (χ4v) is 2.42. The molecule has 1 aromatic rings. The van der Waals surface area contributed by atoms with E-state index in [0.717, 1.165) is 18.5 Å². The van der Waals surface area contributed by atoms with Crippen LogP contribution in [-0.4, -0.2) is 16.9 Å². The Hall–Kier alpha value is -1.28. The molecule has 18 heavy (non-hydrogen) atoms. The molecule has 4 nitrogen and oxygen atoms in total. The first-order valence-electron chi connectivity index (χ1n) is 5.98. The highest BCUT2D eigenvalue weighted by atomic mass is 35.5. The van der Waals surface area contributed by atoms with E-state index in [4.69, 9.17) is 22.6 Å². The number of nitriles is 1. The number of hydrogen-bond acceptors (Lipinski definition) is 4. The minimum atomic E-state index is -0.923. The molecule has 1 aromatic carbocycles. The third-order valence-electron chi connectivity index (χ3n) is 3.32. The summed E-state index contributed by atoms with van der Waals surface area (Å²) in [6.45, 7) is 0. The number of anilines is 1. The van der Waals surface area contributed by atoms with Gasteiger partial charge in [-0.05, 0) is 43.9 Å². The fraction of sp³-hybridized carbons (Fsp3) is 0.462. The molecule has 1 aliphatic carbocycles. The number of nitrogens with zero attached hydrogens (tertiary/aromatic N) is 1. The molecule has 0 heterocycles. The molecule has 1 aliphatic rings. The zero-order valence-electron chi connectivity index (χ0n) is 9.99. The Kier molecular flexibility index (Phi) is 3.76. The summed E-state index contributed by atoms with van der Waals surface area (Å²) in [5, 5.41) is 22.6. The number of aliphatic hydroxyl groups is 1. The number of nitrogens with two attached hydrogens (primary N) is 1. The number of benzene rings is 1. The van der Waals surface area contributed by atoms with Gasteiger partial charge in [0.25, 0.3) is 0 Å². The summed E-state index contributed by atoms with van der Waals surface area (Å²) >= 11 is 5.95. The highest BCUT2D eigenvalue weighted by Gasteiger charge is 2.31. The minimum Gasteiger partial charge on any atom is -0.371 e. The SMILES string of the molecule is N#Cc1ccc(NC2(O)CCC(N)CC2)cc1Cl. The molecule has 0 saturated heterocycles. The van der Waals surface area contributed by atoms with Crippen molar-refractivity contribution in [2.45, 2.75) is 37.5 Å². The zero-order valence-corrected chi connectivity index (χ0v) is 10.7. The molecule has 0 amide bonds. The van der Waals surface area contributed by atoms with Crippen LogP contribution >= 0.6 is 11.6 Å². The van der Waals surface area contributed by atoms with Crippen molar-refractivity contribution in [2.24, 2.45) is 5.73 Å². The second-order valence-corrected chi connectivity index (χ2v) is 5.21. The number of nitrogens with one attached hydrogen (secondary N) is 1. The van der Waals surface area contributed by atoms with Crippen LogP contribution in [0.5, 0.6) is 0 Å². The maximum atomic E-state index is 10.4. The Morgan fingerprint density at radius 2 is 2.11 bits per heavy atom. The van der Waals surface area contributed by atoms with Crippen molar-refractivity contribution in [3.63, 3.8) is 0 Å². The summed E-state index contributed by atoms with van der Waals surface area (Å²) in [7, 11) is 0. The minimum absolute atomic E-state index is 0.177. The molecule has 0 radical (unpaired) electrons. The summed E-state index contributed by atoms with van der Waals surface area (Å²) in [4.78, 5) is 0. The first kappa shape index (κ1) is 13.2. The van der Waals surface area contributed by atoms with E-state index in [2.05, 4.69) is 5.32 Å². The van der Waals surface area contributed by atoms with E-state index in [1.165, 1.54) is 0 Å². The van der Waals surface area contributed by atoms with E-state index in [1.807, 2.05) is 6.07 Å². The van der Waals surface area contributed by atoms with Crippen LogP contribution in [0, 0.1) is 11.3 Å². The van der Waals surface area contributed by atoms with Crippen LogP contribution in [0.15, 0.2) is 18.2 Å². The Morgan fingerprint density at radius 3 is 2.67 bits per heavy atom. The zero-order chi connectivity index (χ0) is 13.2. The first-order valence-corrected chi connectivity index (χ1v) is 6.36. The third-order valence-corrected chi connectivity index (χ3v) is 3.64. The maximum absolute atomic E-state index is 10.4. The van der Waals surface area contributed by atoms with Crippen LogP contribution in [0.2, 0.25) is 5.02 Å². The van der Waals surface area contributed by atoms with Gasteiger partial charge >= 0.3 is 0 Å². The number of hydrogen-bond donors (Lipinski definition) is 3. The van der Waals surface area contributed by atoms with Gasteiger partial charge in [-0.1, -0.05) is 11.6 Å². The molecule has 0 atom stereocenters. The van der Waals surface area contributed by atoms with Gasteiger partial charge in [0.1, 0.15) is 11.8 Å². The highest BCUT2D eigenvalue weighted by molar-refractivity contribution is 6.32. The largest absolute Gasteiger partial charge is 0.371 e. The van der Waals surface area contributed by atoms with E-state index in [0.29, 0.717) is 23.4 Å². The van der Waals surface area contributed by atoms with Crippen molar-refractivity contribution in [1.29, 1.82) is 5.26 Å². The fourth-order valence-electron chi connectivity index (χ4n) is 2.19. The molecule has 0 unspecified atom stereocenters. The molecule has 1 saturated carbocycles. The Morgan fingerprint density at radius 1 is 1.44 bits per heavy atom. The smallest absolute Gasteiger partial charge is 0.135 e. The maximum Gasteiger partial charge on any atom is 0.135 e. The number of halogens is 1. The van der Waals surface area contributed by atoms with Crippen molar-refractivity contribution >= 4 is 17.3 Å². The topological polar surface area (TPSA) is 82.1 Å². The predicted octanol–water partition coefficient (Wildman–Crippen LogP) is 2.21. The highest BCUT2D eigenvalue weighted by Crippen LogP contribution is 2.30. The van der Waals surface area contributed by atoms with Gasteiger partial charge in [0.15, 0.2) is 0 Å². The van der Waals surface area contributed by atoms with Gasteiger partial charge in [-0.2, -0.15) is 5.26 Å². The number of rotatable bonds is 2. The lowest BCUT2D eigenvalue weighted by atomic mass is 9.88. The summed E-state index contributed by atoms with van der Waals surface area (Å²) in [6.07, 6.45) is 2.83. The average molecular weight is 266 g/mol. The van der Waals surface area contributed by atoms with Crippen LogP contribution in [0.25, 0.3) is 0 Å². The standard InChI is InChI=1S/C13H16ClN3O/c14-12-7-11(2-1-9(12)8-15)17-13(18)5-3-10(16)4-6-13/h1-2,7,10,17-18H,3-6,16H2. The summed E-state index contributed by atoms with van der Waals surface area (Å²) in [6, 6.07) is 7.23. The summed E-state index contributed by atoms with van der Waals surface area (Å²) < 4.78 is 0. The van der Waals surface area contributed by atoms with Gasteiger partial charge in [-0.15, -0.1) is 0 Å². The molecular formula is C13H16ClN3O. The van der Waals surface area contributed by atoms with E-state index in [1.54, 1.807) is 18.2 Å². The molecule has 2 rings (SSSR count). The van der Waals surface area contributed by atoms with E-state index >= 15 is 0 Å². The third kappa shape index (κ3) is 2.94. The molecule has 0 spiro atoms. The lowest BCUT2D eigenvalue weighted by Crippen LogP contribution is -2.44. The van der Waals surface area contributed by atoms with E-state index < -0.39 is 5.72 Å². The molecule has 1 fully saturated rings. The van der Waals surface area contributed by atoms with Gasteiger partial charge in [0.2, 0.25) is 0 Å². The van der Waals surface area contributed by atoms with Crippen molar-refractivity contribution in [2.75, 3.05) is 5.32 Å².